The number of H-pyrrole nitrogens is 1. The zero-order valence-electron chi connectivity index (χ0n) is 23.7. The molecular formula is C34H32N6O3. The molecule has 0 aliphatic carbocycles. The van der Waals surface area contributed by atoms with Crippen LogP contribution < -0.4 is 21.1 Å². The number of nitrogen functional groups attached to an aromatic ring is 1. The number of rotatable bonds is 10. The van der Waals surface area contributed by atoms with Crippen LogP contribution in [0.5, 0.6) is 11.5 Å². The molecule has 0 unspecified atom stereocenters. The number of aromatic nitrogens is 2. The van der Waals surface area contributed by atoms with Crippen LogP contribution in [0.3, 0.4) is 0 Å². The van der Waals surface area contributed by atoms with Gasteiger partial charge in [-0.2, -0.15) is 0 Å². The summed E-state index contributed by atoms with van der Waals surface area (Å²) >= 11 is 0. The van der Waals surface area contributed by atoms with E-state index in [0.29, 0.717) is 42.4 Å². The van der Waals surface area contributed by atoms with Gasteiger partial charge in [0.25, 0.3) is 5.91 Å². The van der Waals surface area contributed by atoms with Crippen LogP contribution in [0.1, 0.15) is 27.2 Å². The number of ether oxygens (including phenoxy) is 1. The van der Waals surface area contributed by atoms with Gasteiger partial charge in [0.1, 0.15) is 23.0 Å². The number of phenolic OH excluding ortho intramolecular Hbond substituents is 1. The van der Waals surface area contributed by atoms with Crippen molar-refractivity contribution >= 4 is 44.3 Å². The first-order chi connectivity index (χ1) is 20.8. The number of amides is 1. The molecule has 9 nitrogen and oxygen atoms in total. The fourth-order valence-corrected chi connectivity index (χ4v) is 5.47. The number of nitrogens with zero attached hydrogens (tertiary/aromatic N) is 1. The first-order valence-electron chi connectivity index (χ1n) is 13.9. The summed E-state index contributed by atoms with van der Waals surface area (Å²) in [4.78, 5) is 16.9. The van der Waals surface area contributed by atoms with Crippen molar-refractivity contribution in [3.8, 4) is 11.5 Å². The number of carbonyl (C=O) groups excluding carboxylic acids is 1. The van der Waals surface area contributed by atoms with Gasteiger partial charge >= 0.3 is 0 Å². The Kier molecular flexibility index (Phi) is 7.21. The van der Waals surface area contributed by atoms with Gasteiger partial charge in [0.05, 0.1) is 0 Å². The van der Waals surface area contributed by atoms with Gasteiger partial charge in [-0.3, -0.25) is 10.2 Å². The van der Waals surface area contributed by atoms with Gasteiger partial charge < -0.3 is 35.8 Å². The van der Waals surface area contributed by atoms with Gasteiger partial charge in [0.2, 0.25) is 0 Å². The zero-order chi connectivity index (χ0) is 30.1. The van der Waals surface area contributed by atoms with E-state index in [1.807, 2.05) is 71.4 Å². The molecule has 9 heteroatoms. The number of hydrogen-bond acceptors (Lipinski definition) is 5. The molecule has 0 atom stereocenters. The van der Waals surface area contributed by atoms with Crippen LogP contribution in [0.15, 0.2) is 97.5 Å². The Balaban J connectivity index is 1.36. The number of nitrogens with two attached hydrogens (primary N) is 1. The molecule has 2 aromatic heterocycles. The van der Waals surface area contributed by atoms with Crippen molar-refractivity contribution in [3.05, 3.63) is 120 Å². The van der Waals surface area contributed by atoms with E-state index in [0.717, 1.165) is 43.7 Å². The maximum absolute atomic E-state index is 13.7. The first-order valence-corrected chi connectivity index (χ1v) is 13.9. The number of benzene rings is 4. The third kappa shape index (κ3) is 5.48. The number of hydrogen-bond donors (Lipinski definition) is 6. The second-order valence-corrected chi connectivity index (χ2v) is 10.4. The molecule has 2 heterocycles. The molecule has 216 valence electrons. The molecule has 0 aliphatic heterocycles. The zero-order valence-corrected chi connectivity index (χ0v) is 23.7. The molecular weight excluding hydrogens is 540 g/mol. The lowest BCUT2D eigenvalue weighted by atomic mass is 10.0. The van der Waals surface area contributed by atoms with Crippen molar-refractivity contribution < 1.29 is 14.6 Å². The molecule has 0 fully saturated rings. The Hall–Kier alpha value is -5.70. The lowest BCUT2D eigenvalue weighted by molar-refractivity contribution is 0.0946. The summed E-state index contributed by atoms with van der Waals surface area (Å²) in [5.74, 6) is 0.985. The van der Waals surface area contributed by atoms with Gasteiger partial charge in [-0.25, -0.2) is 0 Å². The van der Waals surface area contributed by atoms with Crippen LogP contribution in [0.2, 0.25) is 0 Å². The number of fused-ring (bicyclic) bond motifs is 3. The SMILES string of the molecule is C=C(NC)Oc1cc(Cn2c(C(=O)NCCc3c[nH]c4ccc(O)cc34)cc3ccc(C(=N)N)cc32)c2ccccc2c1. The Morgan fingerprint density at radius 1 is 1.02 bits per heavy atom. The Labute approximate surface area is 248 Å². The van der Waals surface area contributed by atoms with E-state index in [1.54, 1.807) is 25.2 Å². The third-order valence-corrected chi connectivity index (χ3v) is 7.65. The Morgan fingerprint density at radius 2 is 1.86 bits per heavy atom. The quantitative estimate of drug-likeness (QED) is 0.0745. The van der Waals surface area contributed by atoms with Crippen molar-refractivity contribution in [2.75, 3.05) is 13.6 Å². The average Bonchev–Trinajstić information content (AvgIpc) is 3.57. The van der Waals surface area contributed by atoms with Crippen molar-refractivity contribution in [1.29, 1.82) is 5.41 Å². The van der Waals surface area contributed by atoms with E-state index in [9.17, 15) is 9.90 Å². The average molecular weight is 573 g/mol. The third-order valence-electron chi connectivity index (χ3n) is 7.65. The molecule has 0 saturated carbocycles. The normalized spacial score (nSPS) is 11.2. The molecule has 7 N–H and O–H groups in total. The van der Waals surface area contributed by atoms with Gasteiger partial charge in [0, 0.05) is 53.7 Å². The van der Waals surface area contributed by atoms with Gasteiger partial charge in [-0.05, 0) is 77.4 Å². The molecule has 0 saturated heterocycles. The van der Waals surface area contributed by atoms with E-state index in [4.69, 9.17) is 15.9 Å². The van der Waals surface area contributed by atoms with E-state index in [-0.39, 0.29) is 17.5 Å². The summed E-state index contributed by atoms with van der Waals surface area (Å²) in [5.41, 5.74) is 10.6. The number of phenols is 1. The topological polar surface area (TPSA) is 141 Å². The molecule has 43 heavy (non-hydrogen) atoms. The van der Waals surface area contributed by atoms with Gasteiger partial charge in [-0.15, -0.1) is 0 Å². The largest absolute Gasteiger partial charge is 0.508 e. The van der Waals surface area contributed by atoms with Crippen LogP contribution in [0.4, 0.5) is 0 Å². The fraction of sp³-hybridized carbons (Fsp3) is 0.118. The van der Waals surface area contributed by atoms with E-state index >= 15 is 0 Å². The molecule has 0 radical (unpaired) electrons. The standard InChI is InChI=1S/C34H32N6O3/c1-20(37-2)43-27-13-21-5-3-4-6-28(21)25(14-27)19-40-31-16-23(33(35)36)8-7-22(31)15-32(40)34(42)38-12-11-24-18-39-30-10-9-26(41)17-29(24)30/h3-10,13-18,37,39,41H,1,11-12,19H2,2H3,(H3,35,36)(H,38,42). The van der Waals surface area contributed by atoms with Crippen LogP contribution in [0, 0.1) is 5.41 Å². The van der Waals surface area contributed by atoms with Crippen LogP contribution in [-0.2, 0) is 13.0 Å². The highest BCUT2D eigenvalue weighted by Gasteiger charge is 2.18. The number of carbonyl (C=O) groups is 1. The molecule has 6 aromatic rings. The second-order valence-electron chi connectivity index (χ2n) is 10.4. The maximum Gasteiger partial charge on any atom is 0.267 e. The summed E-state index contributed by atoms with van der Waals surface area (Å²) in [6, 6.07) is 24.5. The lowest BCUT2D eigenvalue weighted by Crippen LogP contribution is -2.28. The smallest absolute Gasteiger partial charge is 0.267 e. The van der Waals surface area contributed by atoms with Crippen LogP contribution in [0.25, 0.3) is 32.6 Å². The van der Waals surface area contributed by atoms with Crippen LogP contribution >= 0.6 is 0 Å². The summed E-state index contributed by atoms with van der Waals surface area (Å²) in [7, 11) is 1.75. The number of amidine groups is 1. The van der Waals surface area contributed by atoms with Crippen LogP contribution in [-0.4, -0.2) is 40.0 Å². The molecule has 0 aliphatic rings. The van der Waals surface area contributed by atoms with Crippen molar-refractivity contribution in [1.82, 2.24) is 20.2 Å². The predicted octanol–water partition coefficient (Wildman–Crippen LogP) is 5.36. The van der Waals surface area contributed by atoms with Crippen molar-refractivity contribution in [3.63, 3.8) is 0 Å². The fourth-order valence-electron chi connectivity index (χ4n) is 5.47. The second kappa shape index (κ2) is 11.3. The van der Waals surface area contributed by atoms with E-state index in [1.165, 1.54) is 0 Å². The van der Waals surface area contributed by atoms with Gasteiger partial charge in [0.15, 0.2) is 5.88 Å². The number of aromatic hydroxyl groups is 1. The molecule has 0 spiro atoms. The first kappa shape index (κ1) is 27.5. The maximum atomic E-state index is 13.7. The van der Waals surface area contributed by atoms with E-state index in [2.05, 4.69) is 22.2 Å². The highest BCUT2D eigenvalue weighted by molar-refractivity contribution is 6.02. The minimum atomic E-state index is -0.219. The highest BCUT2D eigenvalue weighted by atomic mass is 16.5. The molecule has 0 bridgehead atoms. The Morgan fingerprint density at radius 3 is 2.67 bits per heavy atom. The highest BCUT2D eigenvalue weighted by Crippen LogP contribution is 2.30. The molecule has 6 rings (SSSR count). The monoisotopic (exact) mass is 572 g/mol. The molecule has 4 aromatic carbocycles. The summed E-state index contributed by atoms with van der Waals surface area (Å²) in [5, 5.41) is 27.7. The minimum Gasteiger partial charge on any atom is -0.508 e. The van der Waals surface area contributed by atoms with Crippen molar-refractivity contribution in [2.45, 2.75) is 13.0 Å². The lowest BCUT2D eigenvalue weighted by Gasteiger charge is -2.16. The number of aromatic amines is 1. The van der Waals surface area contributed by atoms with Crippen molar-refractivity contribution in [2.24, 2.45) is 5.73 Å². The predicted molar refractivity (Wildman–Crippen MR) is 171 cm³/mol. The summed E-state index contributed by atoms with van der Waals surface area (Å²) in [6.45, 7) is 4.67. The minimum absolute atomic E-state index is 0.0446. The Bertz CT molecular complexity index is 2040. The summed E-state index contributed by atoms with van der Waals surface area (Å²) in [6.07, 6.45) is 2.49. The molecule has 1 amide bonds. The van der Waals surface area contributed by atoms with Gasteiger partial charge in [-0.1, -0.05) is 36.4 Å². The number of nitrogens with one attached hydrogen (secondary N) is 4. The summed E-state index contributed by atoms with van der Waals surface area (Å²) < 4.78 is 7.87. The van der Waals surface area contributed by atoms with E-state index < -0.39 is 0 Å².